The number of aromatic nitrogens is 12. The molecular weight excluding hydrogens is 1110 g/mol. The molecule has 0 spiro atoms. The van der Waals surface area contributed by atoms with E-state index in [0.29, 0.717) is 68.7 Å². The van der Waals surface area contributed by atoms with Crippen molar-refractivity contribution in [3.8, 4) is 102 Å². The van der Waals surface area contributed by atoms with Gasteiger partial charge in [-0.05, 0) is 73.6 Å². The van der Waals surface area contributed by atoms with Crippen LogP contribution in [0, 0.1) is 0 Å². The van der Waals surface area contributed by atoms with Crippen LogP contribution in [0.25, 0.3) is 102 Å². The quantitative estimate of drug-likeness (QED) is 0.0935. The molecule has 0 aliphatic carbocycles. The average Bonchev–Trinajstić information content (AvgIpc) is 2.50. The molecule has 86 heavy (non-hydrogen) atoms. The monoisotopic (exact) mass is 1170 g/mol. The summed E-state index contributed by atoms with van der Waals surface area (Å²) in [7, 11) is -3.27. The van der Waals surface area contributed by atoms with Crippen molar-refractivity contribution in [1.29, 1.82) is 0 Å². The fourth-order valence-electron chi connectivity index (χ4n) is 8.69. The smallest absolute Gasteiger partial charge is 0.258 e. The molecule has 23 nitrogen and oxygen atoms in total. The third-order valence-electron chi connectivity index (χ3n) is 13.1. The van der Waals surface area contributed by atoms with E-state index < -0.39 is 9.84 Å². The third kappa shape index (κ3) is 13.6. The molecule has 13 rings (SSSR count). The van der Waals surface area contributed by atoms with Gasteiger partial charge in [-0.25, -0.2) is 38.3 Å². The molecule has 436 valence electrons. The van der Waals surface area contributed by atoms with E-state index in [-0.39, 0.29) is 51.5 Å². The summed E-state index contributed by atoms with van der Waals surface area (Å²) in [6.07, 6.45) is 10.2. The van der Waals surface area contributed by atoms with Crippen LogP contribution in [0.3, 0.4) is 0 Å². The first-order valence-corrected chi connectivity index (χ1v) is 28.3. The molecule has 5 aromatic carbocycles. The van der Waals surface area contributed by atoms with Crippen molar-refractivity contribution in [2.24, 2.45) is 0 Å². The number of nitrogens with one attached hydrogen (secondary N) is 1. The Kier molecular flexibility index (Phi) is 17.8. The Hall–Kier alpha value is -11.2. The molecular formula is C62H61N17O6S. The topological polar surface area (TPSA) is 339 Å². The van der Waals surface area contributed by atoms with Gasteiger partial charge in [0.05, 0.1) is 40.6 Å². The lowest BCUT2D eigenvalue weighted by Crippen LogP contribution is -2.34. The van der Waals surface area contributed by atoms with E-state index in [9.17, 15) is 13.2 Å². The summed E-state index contributed by atoms with van der Waals surface area (Å²) in [6, 6.07) is 47.9. The maximum absolute atomic E-state index is 12.8. The largest absolute Gasteiger partial charge is 0.382 e. The van der Waals surface area contributed by atoms with Gasteiger partial charge in [0.15, 0.2) is 50.1 Å². The number of anilines is 3. The van der Waals surface area contributed by atoms with Crippen LogP contribution in [0.4, 0.5) is 17.5 Å². The highest BCUT2D eigenvalue weighted by molar-refractivity contribution is 7.90. The first kappa shape index (κ1) is 58.0. The van der Waals surface area contributed by atoms with Crippen molar-refractivity contribution in [3.63, 3.8) is 0 Å². The number of carbonyl (C=O) groups is 1. The first-order chi connectivity index (χ1) is 41.4. The van der Waals surface area contributed by atoms with Gasteiger partial charge in [0, 0.05) is 87.6 Å². The lowest BCUT2D eigenvalue weighted by atomic mass is 10.1. The minimum absolute atomic E-state index is 0. The second-order valence-corrected chi connectivity index (χ2v) is 21.0. The zero-order valence-corrected chi connectivity index (χ0v) is 46.2. The summed E-state index contributed by atoms with van der Waals surface area (Å²) in [5.74, 6) is 2.42. The summed E-state index contributed by atoms with van der Waals surface area (Å²) < 4.78 is 39.4. The number of hydrogen-bond acceptors (Lipinski definition) is 22. The van der Waals surface area contributed by atoms with Crippen LogP contribution in [0.1, 0.15) is 28.5 Å². The predicted octanol–water partition coefficient (Wildman–Crippen LogP) is 10.5. The minimum Gasteiger partial charge on any atom is -0.382 e. The highest BCUT2D eigenvalue weighted by Crippen LogP contribution is 2.32. The SMILES string of the molecule is C.CS(=O)(=O)c1ccc(-c2cnc(N)c(-c3noc(-c4ccccc4)n3)n2)cc1.Nc1ncc(-c2ccc(C(=O)N3CCCNCC3)cc2)nc1-c1cc(-c2ccccc2)no1.Nc1ncc(-c2cccnc2)nc1-c1noc(-c2ccccc2)n1.[HH].[HH].[HH]. The maximum Gasteiger partial charge on any atom is 0.258 e. The second-order valence-electron chi connectivity index (χ2n) is 19.0. The molecule has 7 aromatic heterocycles. The number of rotatable bonds is 11. The average molecular weight is 1170 g/mol. The Morgan fingerprint density at radius 2 is 0.988 bits per heavy atom. The lowest BCUT2D eigenvalue weighted by Gasteiger charge is -2.20. The number of nitrogens with zero attached hydrogens (tertiary/aromatic N) is 13. The molecule has 0 radical (unpaired) electrons. The number of sulfone groups is 1. The highest BCUT2D eigenvalue weighted by atomic mass is 32.2. The molecule has 1 saturated heterocycles. The molecule has 1 aliphatic heterocycles. The van der Waals surface area contributed by atoms with Gasteiger partial charge in [0.1, 0.15) is 5.69 Å². The molecule has 0 unspecified atom stereocenters. The number of benzene rings is 5. The summed E-state index contributed by atoms with van der Waals surface area (Å²) >= 11 is 0. The predicted molar refractivity (Wildman–Crippen MR) is 331 cm³/mol. The molecule has 1 amide bonds. The zero-order valence-electron chi connectivity index (χ0n) is 45.3. The molecule has 0 atom stereocenters. The van der Waals surface area contributed by atoms with Crippen molar-refractivity contribution >= 4 is 33.2 Å². The van der Waals surface area contributed by atoms with Crippen molar-refractivity contribution in [1.82, 2.24) is 70.5 Å². The fraction of sp³-hybridized carbons (Fsp3) is 0.113. The third-order valence-corrected chi connectivity index (χ3v) is 14.3. The molecule has 1 aliphatic rings. The van der Waals surface area contributed by atoms with Crippen molar-refractivity contribution < 1.29 is 31.1 Å². The van der Waals surface area contributed by atoms with E-state index in [2.05, 4.69) is 65.6 Å². The molecule has 12 aromatic rings. The standard InChI is InChI=1S/C25H24N6O2.C19H15N5O3S.C17H12N6O.CH4.3H2/c26-24-23(22-15-20(30-33-22)17-5-2-1-3-6-17)29-21(16-28-24)18-7-9-19(10-8-18)25(32)31-13-4-11-27-12-14-31;1-28(25,26)14-9-7-12(8-10-14)15-11-21-17(20)16(22-15)18-23-19(27-24-18)13-5-3-2-4-6-13;18-15-14(21-13(10-20-15)12-7-4-8-19-9-12)16-22-17(24-23-16)11-5-2-1-3-6-11;;;;/h1-3,5-10,15-16,27H,4,11-14H2,(H2,26,28);2-11H,1H3,(H2,20,21);1-10H,(H2,18,20);1H4;3*1H. The summed E-state index contributed by atoms with van der Waals surface area (Å²) in [5, 5.41) is 15.4. The number of nitrogens with two attached hydrogens (primary N) is 3. The van der Waals surface area contributed by atoms with Crippen LogP contribution in [-0.4, -0.2) is 112 Å². The van der Waals surface area contributed by atoms with Gasteiger partial charge in [-0.3, -0.25) is 9.78 Å². The van der Waals surface area contributed by atoms with Crippen molar-refractivity contribution in [3.05, 3.63) is 194 Å². The van der Waals surface area contributed by atoms with E-state index >= 15 is 0 Å². The van der Waals surface area contributed by atoms with Crippen LogP contribution in [0.2, 0.25) is 0 Å². The normalized spacial score (nSPS) is 12.1. The molecule has 7 N–H and O–H groups in total. The van der Waals surface area contributed by atoms with E-state index in [1.165, 1.54) is 18.3 Å². The Labute approximate surface area is 497 Å². The van der Waals surface area contributed by atoms with Gasteiger partial charge in [-0.2, -0.15) is 9.97 Å². The summed E-state index contributed by atoms with van der Waals surface area (Å²) in [4.78, 5) is 54.1. The van der Waals surface area contributed by atoms with Gasteiger partial charge in [0.2, 0.25) is 11.6 Å². The van der Waals surface area contributed by atoms with Gasteiger partial charge in [-0.1, -0.05) is 114 Å². The van der Waals surface area contributed by atoms with E-state index in [1.807, 2.05) is 132 Å². The molecule has 1 fully saturated rings. The summed E-state index contributed by atoms with van der Waals surface area (Å²) in [5.41, 5.74) is 27.1. The van der Waals surface area contributed by atoms with Gasteiger partial charge in [-0.15, -0.1) is 0 Å². The van der Waals surface area contributed by atoms with Gasteiger partial charge in [0.25, 0.3) is 17.7 Å². The lowest BCUT2D eigenvalue weighted by molar-refractivity contribution is 0.0766. The Morgan fingerprint density at radius 1 is 0.512 bits per heavy atom. The minimum atomic E-state index is -3.27. The van der Waals surface area contributed by atoms with E-state index in [0.717, 1.165) is 66.7 Å². The van der Waals surface area contributed by atoms with Crippen LogP contribution in [-0.2, 0) is 9.84 Å². The Balaban J connectivity index is 0.000000188. The summed E-state index contributed by atoms with van der Waals surface area (Å²) in [6.45, 7) is 3.25. The van der Waals surface area contributed by atoms with Crippen LogP contribution in [0.15, 0.2) is 207 Å². The molecule has 8 heterocycles. The number of hydrogen-bond donors (Lipinski definition) is 4. The highest BCUT2D eigenvalue weighted by Gasteiger charge is 2.21. The van der Waals surface area contributed by atoms with Gasteiger partial charge < -0.3 is 41.0 Å². The van der Waals surface area contributed by atoms with Crippen molar-refractivity contribution in [2.75, 3.05) is 49.6 Å². The maximum atomic E-state index is 12.8. The zero-order chi connectivity index (χ0) is 58.7. The van der Waals surface area contributed by atoms with E-state index in [4.69, 9.17) is 30.8 Å². The molecule has 0 saturated carbocycles. The van der Waals surface area contributed by atoms with Crippen LogP contribution < -0.4 is 22.5 Å². The van der Waals surface area contributed by atoms with E-state index in [1.54, 1.807) is 43.0 Å². The Bertz CT molecular complexity index is 4360. The molecule has 0 bridgehead atoms. The van der Waals surface area contributed by atoms with Crippen LogP contribution in [0.5, 0.6) is 0 Å². The number of pyridine rings is 1. The van der Waals surface area contributed by atoms with Gasteiger partial charge >= 0.3 is 0 Å². The van der Waals surface area contributed by atoms with Crippen molar-refractivity contribution in [2.45, 2.75) is 18.7 Å². The number of amides is 1. The fourth-order valence-corrected chi connectivity index (χ4v) is 9.32. The number of nitrogen functional groups attached to an aromatic ring is 3. The van der Waals surface area contributed by atoms with Crippen LogP contribution >= 0.6 is 0 Å². The number of carbonyl (C=O) groups excluding carboxylic acids is 1. The molecule has 24 heteroatoms. The Morgan fingerprint density at radius 3 is 1.51 bits per heavy atom. The second kappa shape index (κ2) is 26.3. The first-order valence-electron chi connectivity index (χ1n) is 26.4.